The molecule has 0 aliphatic carbocycles. The van der Waals surface area contributed by atoms with Crippen molar-refractivity contribution in [2.75, 3.05) is 18.4 Å². The molecule has 1 saturated heterocycles. The number of rotatable bonds is 4. The first kappa shape index (κ1) is 11.5. The quantitative estimate of drug-likeness (QED) is 0.859. The second kappa shape index (κ2) is 4.94. The Morgan fingerprint density at radius 1 is 1.56 bits per heavy atom. The summed E-state index contributed by atoms with van der Waals surface area (Å²) >= 11 is 0. The fraction of sp³-hybridized carbons (Fsp3) is 0.538. The topological polar surface area (TPSA) is 54.2 Å². The third-order valence-corrected chi connectivity index (χ3v) is 3.46. The summed E-state index contributed by atoms with van der Waals surface area (Å²) in [7, 11) is 0. The van der Waals surface area contributed by atoms with Gasteiger partial charge in [-0.3, -0.25) is 0 Å². The molecule has 2 aromatic heterocycles. The molecule has 1 atom stereocenters. The summed E-state index contributed by atoms with van der Waals surface area (Å²) in [5.74, 6) is 0.927. The van der Waals surface area contributed by atoms with Gasteiger partial charge in [0.15, 0.2) is 5.82 Å². The number of nitrogens with zero attached hydrogens (tertiary/aromatic N) is 3. The lowest BCUT2D eigenvalue weighted by molar-refractivity contribution is 0.574. The smallest absolute Gasteiger partial charge is 0.152 e. The van der Waals surface area contributed by atoms with E-state index >= 15 is 0 Å². The van der Waals surface area contributed by atoms with Crippen LogP contribution in [0.4, 0.5) is 5.82 Å². The summed E-state index contributed by atoms with van der Waals surface area (Å²) in [6.45, 7) is 4.12. The number of fused-ring (bicyclic) bond motifs is 1. The van der Waals surface area contributed by atoms with Crippen molar-refractivity contribution in [3.05, 3.63) is 24.2 Å². The molecule has 0 spiro atoms. The fourth-order valence-corrected chi connectivity index (χ4v) is 2.55. The van der Waals surface area contributed by atoms with E-state index in [-0.39, 0.29) is 0 Å². The average Bonchev–Trinajstić information content (AvgIpc) is 2.97. The van der Waals surface area contributed by atoms with Crippen molar-refractivity contribution in [2.45, 2.75) is 32.2 Å². The van der Waals surface area contributed by atoms with Crippen LogP contribution in [0.3, 0.4) is 0 Å². The van der Waals surface area contributed by atoms with E-state index < -0.39 is 0 Å². The predicted octanol–water partition coefficient (Wildman–Crippen LogP) is 1.59. The van der Waals surface area contributed by atoms with Gasteiger partial charge in [-0.25, -0.2) is 9.50 Å². The minimum Gasteiger partial charge on any atom is -0.368 e. The van der Waals surface area contributed by atoms with Crippen LogP contribution in [-0.4, -0.2) is 33.7 Å². The van der Waals surface area contributed by atoms with Crippen molar-refractivity contribution in [1.82, 2.24) is 19.9 Å². The molecule has 1 aliphatic rings. The first-order valence-electron chi connectivity index (χ1n) is 6.61. The second-order valence-electron chi connectivity index (χ2n) is 4.90. The third kappa shape index (κ3) is 2.31. The van der Waals surface area contributed by atoms with Crippen LogP contribution < -0.4 is 10.6 Å². The summed E-state index contributed by atoms with van der Waals surface area (Å²) in [6.07, 6.45) is 7.42. The van der Waals surface area contributed by atoms with Crippen molar-refractivity contribution in [3.63, 3.8) is 0 Å². The molecule has 2 N–H and O–H groups in total. The summed E-state index contributed by atoms with van der Waals surface area (Å²) in [5, 5.41) is 11.3. The maximum Gasteiger partial charge on any atom is 0.152 e. The van der Waals surface area contributed by atoms with Crippen LogP contribution in [0, 0.1) is 6.92 Å². The van der Waals surface area contributed by atoms with Gasteiger partial charge in [-0.15, -0.1) is 0 Å². The Morgan fingerprint density at radius 3 is 3.33 bits per heavy atom. The standard InChI is InChI=1S/C13H19N5/c1-10-9-12-13(16-7-8-18(12)17-10)15-6-4-11-3-2-5-14-11/h7-9,11,14H,2-6H2,1H3,(H,15,16)/t11-/m0/s1. The molecule has 5 nitrogen and oxygen atoms in total. The van der Waals surface area contributed by atoms with E-state index in [1.54, 1.807) is 6.20 Å². The van der Waals surface area contributed by atoms with E-state index in [4.69, 9.17) is 0 Å². The maximum absolute atomic E-state index is 4.39. The lowest BCUT2D eigenvalue weighted by Gasteiger charge is -2.11. The molecule has 1 fully saturated rings. The van der Waals surface area contributed by atoms with Gasteiger partial charge in [0.05, 0.1) is 5.69 Å². The number of hydrogen-bond acceptors (Lipinski definition) is 4. The molecule has 0 radical (unpaired) electrons. The van der Waals surface area contributed by atoms with Gasteiger partial charge in [0.1, 0.15) is 5.52 Å². The molecule has 0 aromatic carbocycles. The Morgan fingerprint density at radius 2 is 2.50 bits per heavy atom. The molecule has 18 heavy (non-hydrogen) atoms. The predicted molar refractivity (Wildman–Crippen MR) is 71.9 cm³/mol. The minimum absolute atomic E-state index is 0.670. The van der Waals surface area contributed by atoms with Crippen molar-refractivity contribution < 1.29 is 0 Å². The Bertz CT molecular complexity index is 527. The second-order valence-corrected chi connectivity index (χ2v) is 4.90. The van der Waals surface area contributed by atoms with Crippen LogP contribution in [0.2, 0.25) is 0 Å². The summed E-state index contributed by atoms with van der Waals surface area (Å²) in [6, 6.07) is 2.73. The average molecular weight is 245 g/mol. The number of nitrogens with one attached hydrogen (secondary N) is 2. The Balaban J connectivity index is 1.66. The van der Waals surface area contributed by atoms with Gasteiger partial charge < -0.3 is 10.6 Å². The third-order valence-electron chi connectivity index (χ3n) is 3.46. The normalized spacial score (nSPS) is 19.5. The van der Waals surface area contributed by atoms with Gasteiger partial charge in [-0.1, -0.05) is 0 Å². The Kier molecular flexibility index (Phi) is 3.15. The van der Waals surface area contributed by atoms with Crippen LogP contribution in [0.25, 0.3) is 5.52 Å². The van der Waals surface area contributed by atoms with Crippen LogP contribution in [0.15, 0.2) is 18.5 Å². The molecule has 0 unspecified atom stereocenters. The summed E-state index contributed by atoms with van der Waals surface area (Å²) < 4.78 is 1.87. The van der Waals surface area contributed by atoms with E-state index in [1.165, 1.54) is 19.4 Å². The highest BCUT2D eigenvalue weighted by Gasteiger charge is 2.13. The molecule has 0 amide bonds. The van der Waals surface area contributed by atoms with E-state index in [1.807, 2.05) is 17.6 Å². The van der Waals surface area contributed by atoms with Crippen LogP contribution in [0.5, 0.6) is 0 Å². The van der Waals surface area contributed by atoms with E-state index in [9.17, 15) is 0 Å². The maximum atomic E-state index is 4.39. The Labute approximate surface area is 107 Å². The lowest BCUT2D eigenvalue weighted by atomic mass is 10.1. The van der Waals surface area contributed by atoms with Gasteiger partial charge in [-0.05, 0) is 38.8 Å². The molecule has 3 heterocycles. The van der Waals surface area contributed by atoms with Gasteiger partial charge >= 0.3 is 0 Å². The first-order valence-corrected chi connectivity index (χ1v) is 6.61. The highest BCUT2D eigenvalue weighted by atomic mass is 15.2. The largest absolute Gasteiger partial charge is 0.368 e. The molecule has 96 valence electrons. The van der Waals surface area contributed by atoms with Gasteiger partial charge in [0.2, 0.25) is 0 Å². The van der Waals surface area contributed by atoms with Crippen LogP contribution in [0.1, 0.15) is 25.0 Å². The van der Waals surface area contributed by atoms with Gasteiger partial charge in [0, 0.05) is 25.0 Å². The van der Waals surface area contributed by atoms with Crippen molar-refractivity contribution in [3.8, 4) is 0 Å². The molecule has 3 rings (SSSR count). The molecular formula is C13H19N5. The van der Waals surface area contributed by atoms with Crippen LogP contribution in [-0.2, 0) is 0 Å². The van der Waals surface area contributed by atoms with E-state index in [2.05, 4.69) is 26.8 Å². The first-order chi connectivity index (χ1) is 8.83. The van der Waals surface area contributed by atoms with Crippen molar-refractivity contribution in [2.24, 2.45) is 0 Å². The molecule has 0 bridgehead atoms. The number of anilines is 1. The zero-order valence-electron chi connectivity index (χ0n) is 10.7. The summed E-state index contributed by atoms with van der Waals surface area (Å²) in [5.41, 5.74) is 2.07. The molecule has 2 aromatic rings. The highest BCUT2D eigenvalue weighted by molar-refractivity contribution is 5.67. The van der Waals surface area contributed by atoms with Crippen molar-refractivity contribution in [1.29, 1.82) is 0 Å². The number of aryl methyl sites for hydroxylation is 1. The fourth-order valence-electron chi connectivity index (χ4n) is 2.55. The molecule has 0 saturated carbocycles. The molecule has 5 heteroatoms. The highest BCUT2D eigenvalue weighted by Crippen LogP contribution is 2.15. The van der Waals surface area contributed by atoms with Gasteiger partial charge in [0.25, 0.3) is 0 Å². The molecular weight excluding hydrogens is 226 g/mol. The van der Waals surface area contributed by atoms with E-state index in [0.717, 1.165) is 30.0 Å². The van der Waals surface area contributed by atoms with E-state index in [0.29, 0.717) is 6.04 Å². The Hall–Kier alpha value is -1.62. The minimum atomic E-state index is 0.670. The number of hydrogen-bond donors (Lipinski definition) is 2. The van der Waals surface area contributed by atoms with Gasteiger partial charge in [-0.2, -0.15) is 5.10 Å². The summed E-state index contributed by atoms with van der Waals surface area (Å²) in [4.78, 5) is 4.39. The lowest BCUT2D eigenvalue weighted by Crippen LogP contribution is -2.24. The zero-order valence-corrected chi connectivity index (χ0v) is 10.7. The molecule has 1 aliphatic heterocycles. The monoisotopic (exact) mass is 245 g/mol. The SMILES string of the molecule is Cc1cc2c(NCC[C@@H]3CCCN3)nccn2n1. The van der Waals surface area contributed by atoms with Crippen LogP contribution >= 0.6 is 0 Å². The zero-order chi connectivity index (χ0) is 12.4. The number of aromatic nitrogens is 3. The van der Waals surface area contributed by atoms with Crippen molar-refractivity contribution >= 4 is 11.3 Å².